The van der Waals surface area contributed by atoms with E-state index in [2.05, 4.69) is 5.32 Å². The summed E-state index contributed by atoms with van der Waals surface area (Å²) in [7, 11) is 0. The van der Waals surface area contributed by atoms with Gasteiger partial charge in [-0.1, -0.05) is 0 Å². The Morgan fingerprint density at radius 1 is 1.27 bits per heavy atom. The van der Waals surface area contributed by atoms with Gasteiger partial charge in [0.05, 0.1) is 11.1 Å². The zero-order valence-corrected chi connectivity index (χ0v) is 11.9. The molecule has 0 aromatic carbocycles. The minimum Gasteiger partial charge on any atom is -0.481 e. The van der Waals surface area contributed by atoms with E-state index >= 15 is 0 Å². The Kier molecular flexibility index (Phi) is 6.74. The molecule has 120 valence electrons. The molecule has 0 atom stereocenters. The molecule has 22 heavy (non-hydrogen) atoms. The standard InChI is InChI=1S/C13H17N3O6/c17-11(14-7-1-4-13(19)20)3-2-8-15-9-10(16(21)22)5-6-12(15)18/h5-6,9H,1-4,7-8H2,(H,14,17)(H,19,20). The predicted molar refractivity (Wildman–Crippen MR) is 76.5 cm³/mol. The zero-order valence-electron chi connectivity index (χ0n) is 11.9. The fraction of sp³-hybridized carbons (Fsp3) is 0.462. The molecule has 0 fully saturated rings. The molecule has 0 radical (unpaired) electrons. The Balaban J connectivity index is 2.36. The molecular formula is C13H17N3O6. The van der Waals surface area contributed by atoms with Crippen LogP contribution in [-0.4, -0.2) is 33.0 Å². The van der Waals surface area contributed by atoms with Crippen molar-refractivity contribution in [3.8, 4) is 0 Å². The first-order valence-corrected chi connectivity index (χ1v) is 6.73. The van der Waals surface area contributed by atoms with Crippen LogP contribution in [0.4, 0.5) is 5.69 Å². The summed E-state index contributed by atoms with van der Waals surface area (Å²) in [5.74, 6) is -1.16. The fourth-order valence-electron chi connectivity index (χ4n) is 1.77. The number of rotatable bonds is 9. The molecule has 0 spiro atoms. The van der Waals surface area contributed by atoms with Crippen molar-refractivity contribution >= 4 is 17.6 Å². The maximum atomic E-state index is 11.5. The lowest BCUT2D eigenvalue weighted by molar-refractivity contribution is -0.385. The van der Waals surface area contributed by atoms with Crippen LogP contribution in [0.1, 0.15) is 25.7 Å². The lowest BCUT2D eigenvalue weighted by Crippen LogP contribution is -2.25. The van der Waals surface area contributed by atoms with Gasteiger partial charge in [-0.05, 0) is 12.8 Å². The first kappa shape index (κ1) is 17.3. The molecule has 2 N–H and O–H groups in total. The highest BCUT2D eigenvalue weighted by Gasteiger charge is 2.08. The molecule has 0 unspecified atom stereocenters. The summed E-state index contributed by atoms with van der Waals surface area (Å²) in [5, 5.41) is 21.6. The molecule has 0 saturated carbocycles. The van der Waals surface area contributed by atoms with Crippen LogP contribution in [0.2, 0.25) is 0 Å². The molecule has 9 nitrogen and oxygen atoms in total. The SMILES string of the molecule is O=C(O)CCCNC(=O)CCCn1cc([N+](=O)[O-])ccc1=O. The van der Waals surface area contributed by atoms with Crippen molar-refractivity contribution in [1.82, 2.24) is 9.88 Å². The van der Waals surface area contributed by atoms with E-state index in [1.54, 1.807) is 0 Å². The second-order valence-corrected chi connectivity index (χ2v) is 4.63. The van der Waals surface area contributed by atoms with E-state index in [9.17, 15) is 24.5 Å². The quantitative estimate of drug-likeness (QED) is 0.388. The van der Waals surface area contributed by atoms with Gasteiger partial charge in [-0.2, -0.15) is 0 Å². The lowest BCUT2D eigenvalue weighted by Gasteiger charge is -2.06. The lowest BCUT2D eigenvalue weighted by atomic mass is 10.2. The normalized spacial score (nSPS) is 10.2. The van der Waals surface area contributed by atoms with E-state index in [4.69, 9.17) is 5.11 Å². The molecule has 0 aliphatic heterocycles. The third kappa shape index (κ3) is 6.16. The summed E-state index contributed by atoms with van der Waals surface area (Å²) in [6.07, 6.45) is 2.00. The van der Waals surface area contributed by atoms with Crippen molar-refractivity contribution in [1.29, 1.82) is 0 Å². The number of amides is 1. The van der Waals surface area contributed by atoms with E-state index in [1.165, 1.54) is 4.57 Å². The van der Waals surface area contributed by atoms with E-state index in [1.807, 2.05) is 0 Å². The topological polar surface area (TPSA) is 132 Å². The van der Waals surface area contributed by atoms with Gasteiger partial charge in [0.15, 0.2) is 0 Å². The van der Waals surface area contributed by atoms with Crippen molar-refractivity contribution < 1.29 is 19.6 Å². The molecule has 1 amide bonds. The third-order valence-corrected chi connectivity index (χ3v) is 2.87. The highest BCUT2D eigenvalue weighted by atomic mass is 16.6. The van der Waals surface area contributed by atoms with Crippen LogP contribution in [0.25, 0.3) is 0 Å². The van der Waals surface area contributed by atoms with Crippen LogP contribution in [-0.2, 0) is 16.1 Å². The molecule has 0 aliphatic rings. The minimum absolute atomic E-state index is 0.0106. The number of aliphatic carboxylic acids is 1. The zero-order chi connectivity index (χ0) is 16.5. The number of nitro groups is 1. The molecular weight excluding hydrogens is 294 g/mol. The maximum Gasteiger partial charge on any atom is 0.303 e. The minimum atomic E-state index is -0.917. The van der Waals surface area contributed by atoms with Gasteiger partial charge in [0.2, 0.25) is 5.91 Å². The van der Waals surface area contributed by atoms with Crippen molar-refractivity contribution in [2.24, 2.45) is 0 Å². The number of nitrogens with zero attached hydrogens (tertiary/aromatic N) is 2. The highest BCUT2D eigenvalue weighted by molar-refractivity contribution is 5.75. The largest absolute Gasteiger partial charge is 0.481 e. The van der Waals surface area contributed by atoms with Crippen molar-refractivity contribution in [3.05, 3.63) is 38.8 Å². The Morgan fingerprint density at radius 3 is 2.64 bits per heavy atom. The predicted octanol–water partition coefficient (Wildman–Crippen LogP) is 0.518. The molecule has 1 heterocycles. The molecule has 1 rings (SSSR count). The number of pyridine rings is 1. The van der Waals surface area contributed by atoms with Gasteiger partial charge in [-0.3, -0.25) is 24.5 Å². The van der Waals surface area contributed by atoms with Crippen LogP contribution < -0.4 is 10.9 Å². The number of carbonyl (C=O) groups is 2. The number of hydrogen-bond donors (Lipinski definition) is 2. The average molecular weight is 311 g/mol. The van der Waals surface area contributed by atoms with Crippen molar-refractivity contribution in [3.63, 3.8) is 0 Å². The number of carbonyl (C=O) groups excluding carboxylic acids is 1. The van der Waals surface area contributed by atoms with Gasteiger partial charge < -0.3 is 15.0 Å². The van der Waals surface area contributed by atoms with Crippen LogP contribution in [0, 0.1) is 10.1 Å². The fourth-order valence-corrected chi connectivity index (χ4v) is 1.77. The number of nitrogens with one attached hydrogen (secondary N) is 1. The highest BCUT2D eigenvalue weighted by Crippen LogP contribution is 2.07. The summed E-state index contributed by atoms with van der Waals surface area (Å²) in [6.45, 7) is 0.477. The Hall–Kier alpha value is -2.71. The molecule has 0 saturated heterocycles. The number of carboxylic acid groups (broad SMARTS) is 1. The van der Waals surface area contributed by atoms with E-state index < -0.39 is 10.9 Å². The Labute approximate surface area is 125 Å². The van der Waals surface area contributed by atoms with Gasteiger partial charge in [0.25, 0.3) is 11.2 Å². The molecule has 0 bridgehead atoms. The summed E-state index contributed by atoms with van der Waals surface area (Å²) in [4.78, 5) is 43.3. The number of carboxylic acids is 1. The smallest absolute Gasteiger partial charge is 0.303 e. The third-order valence-electron chi connectivity index (χ3n) is 2.87. The van der Waals surface area contributed by atoms with E-state index in [-0.39, 0.29) is 43.1 Å². The number of aryl methyl sites for hydroxylation is 1. The van der Waals surface area contributed by atoms with Gasteiger partial charge >= 0.3 is 5.97 Å². The van der Waals surface area contributed by atoms with E-state index in [0.29, 0.717) is 12.8 Å². The van der Waals surface area contributed by atoms with Gasteiger partial charge in [0, 0.05) is 38.1 Å². The van der Waals surface area contributed by atoms with Crippen LogP contribution in [0.5, 0.6) is 0 Å². The van der Waals surface area contributed by atoms with Gasteiger partial charge in [-0.25, -0.2) is 0 Å². The molecule has 1 aromatic rings. The van der Waals surface area contributed by atoms with Crippen molar-refractivity contribution in [2.75, 3.05) is 6.54 Å². The monoisotopic (exact) mass is 311 g/mol. The van der Waals surface area contributed by atoms with E-state index in [0.717, 1.165) is 18.3 Å². The number of aromatic nitrogens is 1. The van der Waals surface area contributed by atoms with Crippen molar-refractivity contribution in [2.45, 2.75) is 32.2 Å². The first-order valence-electron chi connectivity index (χ1n) is 6.73. The summed E-state index contributed by atoms with van der Waals surface area (Å²) < 4.78 is 1.19. The van der Waals surface area contributed by atoms with Gasteiger partial charge in [-0.15, -0.1) is 0 Å². The Bertz CT molecular complexity index is 610. The summed E-state index contributed by atoms with van der Waals surface area (Å²) in [5.41, 5.74) is -0.551. The maximum absolute atomic E-state index is 11.5. The average Bonchev–Trinajstić information content (AvgIpc) is 2.45. The first-order chi connectivity index (χ1) is 10.4. The van der Waals surface area contributed by atoms with Gasteiger partial charge in [0.1, 0.15) is 0 Å². The Morgan fingerprint density at radius 2 is 2.00 bits per heavy atom. The van der Waals surface area contributed by atoms with Crippen LogP contribution >= 0.6 is 0 Å². The number of hydrogen-bond acceptors (Lipinski definition) is 5. The molecule has 9 heteroatoms. The van der Waals surface area contributed by atoms with Crippen LogP contribution in [0.15, 0.2) is 23.1 Å². The molecule has 0 aliphatic carbocycles. The molecule has 1 aromatic heterocycles. The van der Waals surface area contributed by atoms with Crippen LogP contribution in [0.3, 0.4) is 0 Å². The summed E-state index contributed by atoms with van der Waals surface area (Å²) in [6, 6.07) is 2.25. The summed E-state index contributed by atoms with van der Waals surface area (Å²) >= 11 is 0. The second kappa shape index (κ2) is 8.55. The second-order valence-electron chi connectivity index (χ2n) is 4.63.